The van der Waals surface area contributed by atoms with Gasteiger partial charge in [-0.15, -0.1) is 0 Å². The summed E-state index contributed by atoms with van der Waals surface area (Å²) >= 11 is 0. The SMILES string of the molecule is CCOCCc1ccc(C(=O)NS(=O)(=O)c2cccc(C)n2)c(Oc2c(C)cc(C)cc2C)n1. The van der Waals surface area contributed by atoms with Gasteiger partial charge in [0.2, 0.25) is 5.88 Å². The van der Waals surface area contributed by atoms with Crippen LogP contribution in [-0.4, -0.2) is 37.5 Å². The van der Waals surface area contributed by atoms with E-state index in [0.29, 0.717) is 36.8 Å². The van der Waals surface area contributed by atoms with Crippen molar-refractivity contribution in [3.8, 4) is 11.6 Å². The van der Waals surface area contributed by atoms with Crippen molar-refractivity contribution in [2.75, 3.05) is 13.2 Å². The van der Waals surface area contributed by atoms with E-state index in [0.717, 1.165) is 16.7 Å². The summed E-state index contributed by atoms with van der Waals surface area (Å²) in [5.74, 6) is -0.268. The third-order valence-electron chi connectivity index (χ3n) is 5.04. The molecule has 2 heterocycles. The number of amides is 1. The summed E-state index contributed by atoms with van der Waals surface area (Å²) in [4.78, 5) is 21.6. The number of pyridine rings is 2. The van der Waals surface area contributed by atoms with Crippen molar-refractivity contribution in [3.05, 3.63) is 76.1 Å². The number of rotatable bonds is 9. The number of sulfonamides is 1. The molecule has 0 aliphatic carbocycles. The van der Waals surface area contributed by atoms with Gasteiger partial charge < -0.3 is 9.47 Å². The summed E-state index contributed by atoms with van der Waals surface area (Å²) in [6.45, 7) is 10.4. The Balaban J connectivity index is 1.98. The van der Waals surface area contributed by atoms with E-state index < -0.39 is 15.9 Å². The minimum absolute atomic E-state index is 0.00392. The Labute approximate surface area is 200 Å². The number of aryl methyl sites for hydroxylation is 4. The predicted molar refractivity (Wildman–Crippen MR) is 129 cm³/mol. The van der Waals surface area contributed by atoms with Crippen molar-refractivity contribution >= 4 is 15.9 Å². The van der Waals surface area contributed by atoms with E-state index in [2.05, 4.69) is 14.7 Å². The Morgan fingerprint density at radius 3 is 2.35 bits per heavy atom. The van der Waals surface area contributed by atoms with Crippen LogP contribution in [0.4, 0.5) is 0 Å². The number of hydrogen-bond acceptors (Lipinski definition) is 7. The highest BCUT2D eigenvalue weighted by atomic mass is 32.2. The van der Waals surface area contributed by atoms with Gasteiger partial charge >= 0.3 is 0 Å². The average Bonchev–Trinajstić information content (AvgIpc) is 2.76. The zero-order valence-electron chi connectivity index (χ0n) is 20.0. The predicted octanol–water partition coefficient (Wildman–Crippen LogP) is 4.20. The highest BCUT2D eigenvalue weighted by Gasteiger charge is 2.24. The molecule has 0 fully saturated rings. The number of carbonyl (C=O) groups is 1. The van der Waals surface area contributed by atoms with Gasteiger partial charge in [-0.1, -0.05) is 23.8 Å². The van der Waals surface area contributed by atoms with Gasteiger partial charge in [0.1, 0.15) is 11.3 Å². The molecule has 0 saturated carbocycles. The first kappa shape index (κ1) is 25.3. The summed E-state index contributed by atoms with van der Waals surface area (Å²) in [5.41, 5.74) is 4.01. The van der Waals surface area contributed by atoms with Crippen molar-refractivity contribution in [1.29, 1.82) is 0 Å². The van der Waals surface area contributed by atoms with Gasteiger partial charge in [-0.2, -0.15) is 8.42 Å². The first-order valence-corrected chi connectivity index (χ1v) is 12.4. The topological polar surface area (TPSA) is 107 Å². The maximum atomic E-state index is 13.1. The van der Waals surface area contributed by atoms with Crippen LogP contribution in [0.2, 0.25) is 0 Å². The number of benzene rings is 1. The van der Waals surface area contributed by atoms with Crippen LogP contribution in [0.3, 0.4) is 0 Å². The molecule has 0 aliphatic heterocycles. The van der Waals surface area contributed by atoms with E-state index >= 15 is 0 Å². The highest BCUT2D eigenvalue weighted by molar-refractivity contribution is 7.90. The van der Waals surface area contributed by atoms with E-state index in [1.165, 1.54) is 12.1 Å². The fraction of sp³-hybridized carbons (Fsp3) is 0.320. The normalized spacial score (nSPS) is 11.3. The second-order valence-electron chi connectivity index (χ2n) is 7.98. The van der Waals surface area contributed by atoms with Gasteiger partial charge in [-0.3, -0.25) is 4.79 Å². The summed E-state index contributed by atoms with van der Waals surface area (Å²) in [5, 5.41) is -0.241. The van der Waals surface area contributed by atoms with Crippen LogP contribution in [0.1, 0.15) is 45.4 Å². The molecule has 0 radical (unpaired) electrons. The molecule has 2 aromatic heterocycles. The van der Waals surface area contributed by atoms with E-state index in [9.17, 15) is 13.2 Å². The monoisotopic (exact) mass is 483 g/mol. The van der Waals surface area contributed by atoms with Crippen molar-refractivity contribution in [1.82, 2.24) is 14.7 Å². The number of hydrogen-bond donors (Lipinski definition) is 1. The Morgan fingerprint density at radius 2 is 1.71 bits per heavy atom. The number of ether oxygens (including phenoxy) is 2. The van der Waals surface area contributed by atoms with Crippen LogP contribution in [0, 0.1) is 27.7 Å². The first-order valence-electron chi connectivity index (χ1n) is 10.9. The molecule has 0 unspecified atom stereocenters. The van der Waals surface area contributed by atoms with Gasteiger partial charge in [0.15, 0.2) is 5.03 Å². The smallest absolute Gasteiger partial charge is 0.281 e. The highest BCUT2D eigenvalue weighted by Crippen LogP contribution is 2.31. The Bertz CT molecular complexity index is 1280. The van der Waals surface area contributed by atoms with E-state index in [4.69, 9.17) is 9.47 Å². The maximum Gasteiger partial charge on any atom is 0.281 e. The summed E-state index contributed by atoms with van der Waals surface area (Å²) in [6, 6.07) is 11.7. The molecule has 34 heavy (non-hydrogen) atoms. The lowest BCUT2D eigenvalue weighted by Gasteiger charge is -2.16. The van der Waals surface area contributed by atoms with Gasteiger partial charge in [0, 0.05) is 24.4 Å². The Morgan fingerprint density at radius 1 is 1.00 bits per heavy atom. The lowest BCUT2D eigenvalue weighted by atomic mass is 10.1. The zero-order valence-corrected chi connectivity index (χ0v) is 20.8. The maximum absolute atomic E-state index is 13.1. The second kappa shape index (κ2) is 10.8. The molecule has 8 nitrogen and oxygen atoms in total. The molecule has 3 aromatic rings. The minimum atomic E-state index is -4.18. The van der Waals surface area contributed by atoms with Gasteiger partial charge in [-0.25, -0.2) is 14.7 Å². The van der Waals surface area contributed by atoms with Crippen LogP contribution >= 0.6 is 0 Å². The molecule has 3 rings (SSSR count). The number of nitrogens with one attached hydrogen (secondary N) is 1. The van der Waals surface area contributed by atoms with Gasteiger partial charge in [-0.05, 0) is 70.0 Å². The quantitative estimate of drug-likeness (QED) is 0.455. The molecule has 0 spiro atoms. The molecular formula is C25H29N3O5S. The summed E-state index contributed by atoms with van der Waals surface area (Å²) < 4.78 is 39.1. The fourth-order valence-corrected chi connectivity index (χ4v) is 4.49. The van der Waals surface area contributed by atoms with Crippen molar-refractivity contribution in [3.63, 3.8) is 0 Å². The largest absolute Gasteiger partial charge is 0.438 e. The average molecular weight is 484 g/mol. The van der Waals surface area contributed by atoms with E-state index in [-0.39, 0.29) is 16.5 Å². The first-order chi connectivity index (χ1) is 16.1. The van der Waals surface area contributed by atoms with Crippen LogP contribution in [0.15, 0.2) is 47.5 Å². The molecule has 1 aromatic carbocycles. The third-order valence-corrected chi connectivity index (χ3v) is 6.27. The number of nitrogens with zero attached hydrogens (tertiary/aromatic N) is 2. The molecule has 0 bridgehead atoms. The van der Waals surface area contributed by atoms with Crippen LogP contribution in [0.25, 0.3) is 0 Å². The zero-order chi connectivity index (χ0) is 24.9. The lowest BCUT2D eigenvalue weighted by molar-refractivity contribution is 0.0978. The van der Waals surface area contributed by atoms with Gasteiger partial charge in [0.25, 0.3) is 15.9 Å². The standard InChI is InChI=1S/C25H29N3O5S/c1-6-32-13-12-20-10-11-21(24(29)28-34(30,31)22-9-7-8-19(5)26-22)25(27-20)33-23-17(3)14-16(2)15-18(23)4/h7-11,14-15H,6,12-13H2,1-5H3,(H,28,29). The summed E-state index contributed by atoms with van der Waals surface area (Å²) in [6.07, 6.45) is 0.517. The summed E-state index contributed by atoms with van der Waals surface area (Å²) in [7, 11) is -4.18. The molecule has 9 heteroatoms. The Kier molecular flexibility index (Phi) is 8.01. The number of aromatic nitrogens is 2. The fourth-order valence-electron chi connectivity index (χ4n) is 3.51. The Hall–Kier alpha value is -3.30. The molecule has 0 saturated heterocycles. The molecule has 0 aliphatic rings. The van der Waals surface area contributed by atoms with Crippen LogP contribution < -0.4 is 9.46 Å². The lowest BCUT2D eigenvalue weighted by Crippen LogP contribution is -2.31. The molecule has 1 amide bonds. The van der Waals surface area contributed by atoms with Gasteiger partial charge in [0.05, 0.1) is 6.61 Å². The molecule has 0 atom stereocenters. The molecule has 1 N–H and O–H groups in total. The number of carbonyl (C=O) groups excluding carboxylic acids is 1. The third kappa shape index (κ3) is 6.18. The molecule has 180 valence electrons. The van der Waals surface area contributed by atoms with Crippen LogP contribution in [-0.2, 0) is 21.2 Å². The van der Waals surface area contributed by atoms with Crippen molar-refractivity contribution < 1.29 is 22.7 Å². The van der Waals surface area contributed by atoms with E-state index in [1.807, 2.05) is 39.8 Å². The molecular weight excluding hydrogens is 454 g/mol. The minimum Gasteiger partial charge on any atom is -0.438 e. The van der Waals surface area contributed by atoms with E-state index in [1.54, 1.807) is 25.1 Å². The van der Waals surface area contributed by atoms with Crippen LogP contribution in [0.5, 0.6) is 11.6 Å². The second-order valence-corrected chi connectivity index (χ2v) is 9.61. The van der Waals surface area contributed by atoms with Crippen molar-refractivity contribution in [2.24, 2.45) is 0 Å². The van der Waals surface area contributed by atoms with Crippen molar-refractivity contribution in [2.45, 2.75) is 46.1 Å².